The van der Waals surface area contributed by atoms with Crippen LogP contribution in [0.1, 0.15) is 40.9 Å². The Balaban J connectivity index is 2.10. The van der Waals surface area contributed by atoms with E-state index in [1.54, 1.807) is 30.6 Å². The number of carbonyl (C=O) groups is 1. The van der Waals surface area contributed by atoms with E-state index >= 15 is 0 Å². The first-order valence-corrected chi connectivity index (χ1v) is 7.41. The molecule has 0 saturated carbocycles. The van der Waals surface area contributed by atoms with Gasteiger partial charge in [0.2, 0.25) is 0 Å². The molecule has 0 aliphatic heterocycles. The number of thiazole rings is 1. The van der Waals surface area contributed by atoms with Crippen LogP contribution in [0.4, 0.5) is 0 Å². The van der Waals surface area contributed by atoms with Gasteiger partial charge in [0.05, 0.1) is 29.4 Å². The molecular formula is C15H18N2O2S. The van der Waals surface area contributed by atoms with E-state index in [9.17, 15) is 4.79 Å². The first kappa shape index (κ1) is 14.5. The van der Waals surface area contributed by atoms with Crippen molar-refractivity contribution in [3.63, 3.8) is 0 Å². The summed E-state index contributed by atoms with van der Waals surface area (Å²) in [5.41, 5.74) is 1.43. The molecule has 0 fully saturated rings. The molecule has 1 aromatic carbocycles. The number of hydrogen-bond acceptors (Lipinski definition) is 4. The maximum atomic E-state index is 12.3. The molecule has 0 spiro atoms. The van der Waals surface area contributed by atoms with E-state index < -0.39 is 0 Å². The van der Waals surface area contributed by atoms with Gasteiger partial charge in [0.25, 0.3) is 5.91 Å². The standard InChI is InChI=1S/C15H18N2O2S/c1-4-14-17-12(9-20-14)10(2)16-15(18)11-7-5-6-8-13(11)19-3/h5-10H,4H2,1-3H3,(H,16,18)/t10-/m0/s1. The van der Waals surface area contributed by atoms with E-state index in [2.05, 4.69) is 17.2 Å². The predicted octanol–water partition coefficient (Wildman–Crippen LogP) is 3.21. The summed E-state index contributed by atoms with van der Waals surface area (Å²) in [5, 5.41) is 6.02. The number of benzene rings is 1. The van der Waals surface area contributed by atoms with Crippen molar-refractivity contribution >= 4 is 17.2 Å². The highest BCUT2D eigenvalue weighted by Gasteiger charge is 2.16. The van der Waals surface area contributed by atoms with Crippen LogP contribution in [-0.4, -0.2) is 18.0 Å². The molecule has 0 unspecified atom stereocenters. The number of carbonyl (C=O) groups excluding carboxylic acids is 1. The van der Waals surface area contributed by atoms with Gasteiger partial charge in [-0.05, 0) is 25.5 Å². The molecule has 0 aliphatic carbocycles. The van der Waals surface area contributed by atoms with E-state index in [-0.39, 0.29) is 11.9 Å². The Labute approximate surface area is 122 Å². The molecule has 2 rings (SSSR count). The third-order valence-electron chi connectivity index (χ3n) is 3.01. The third-order valence-corrected chi connectivity index (χ3v) is 4.03. The van der Waals surface area contributed by atoms with Gasteiger partial charge in [-0.15, -0.1) is 11.3 Å². The van der Waals surface area contributed by atoms with Gasteiger partial charge in [-0.1, -0.05) is 19.1 Å². The number of hydrogen-bond donors (Lipinski definition) is 1. The Morgan fingerprint density at radius 1 is 1.45 bits per heavy atom. The number of ether oxygens (including phenoxy) is 1. The van der Waals surface area contributed by atoms with E-state index in [4.69, 9.17) is 4.74 Å². The van der Waals surface area contributed by atoms with Crippen LogP contribution in [0, 0.1) is 0 Å². The summed E-state index contributed by atoms with van der Waals surface area (Å²) in [6.45, 7) is 4.00. The summed E-state index contributed by atoms with van der Waals surface area (Å²) in [7, 11) is 1.56. The highest BCUT2D eigenvalue weighted by atomic mass is 32.1. The van der Waals surface area contributed by atoms with Crippen LogP contribution in [0.5, 0.6) is 5.75 Å². The van der Waals surface area contributed by atoms with Gasteiger partial charge in [-0.25, -0.2) is 4.98 Å². The molecule has 0 saturated heterocycles. The zero-order valence-corrected chi connectivity index (χ0v) is 12.7. The molecule has 0 aliphatic rings. The van der Waals surface area contributed by atoms with Crippen molar-refractivity contribution in [2.24, 2.45) is 0 Å². The predicted molar refractivity (Wildman–Crippen MR) is 80.4 cm³/mol. The van der Waals surface area contributed by atoms with Crippen molar-refractivity contribution in [1.82, 2.24) is 10.3 Å². The number of nitrogens with zero attached hydrogens (tertiary/aromatic N) is 1. The number of rotatable bonds is 5. The second-order valence-corrected chi connectivity index (χ2v) is 5.36. The quantitative estimate of drug-likeness (QED) is 0.920. The number of aromatic nitrogens is 1. The minimum Gasteiger partial charge on any atom is -0.496 e. The average Bonchev–Trinajstić information content (AvgIpc) is 2.96. The van der Waals surface area contributed by atoms with Gasteiger partial charge in [-0.3, -0.25) is 4.79 Å². The molecule has 0 bridgehead atoms. The largest absolute Gasteiger partial charge is 0.496 e. The van der Waals surface area contributed by atoms with Crippen LogP contribution >= 0.6 is 11.3 Å². The molecule has 4 nitrogen and oxygen atoms in total. The van der Waals surface area contributed by atoms with E-state index in [1.807, 2.05) is 24.4 Å². The van der Waals surface area contributed by atoms with Crippen LogP contribution in [0.2, 0.25) is 0 Å². The topological polar surface area (TPSA) is 51.2 Å². The lowest BCUT2D eigenvalue weighted by Crippen LogP contribution is -2.27. The third kappa shape index (κ3) is 3.17. The summed E-state index contributed by atoms with van der Waals surface area (Å²) in [6.07, 6.45) is 0.915. The molecule has 1 amide bonds. The maximum Gasteiger partial charge on any atom is 0.255 e. The Hall–Kier alpha value is -1.88. The van der Waals surface area contributed by atoms with Gasteiger partial charge in [0.15, 0.2) is 0 Å². The highest BCUT2D eigenvalue weighted by Crippen LogP contribution is 2.20. The smallest absolute Gasteiger partial charge is 0.255 e. The zero-order valence-electron chi connectivity index (χ0n) is 11.8. The van der Waals surface area contributed by atoms with E-state index in [1.165, 1.54) is 0 Å². The zero-order chi connectivity index (χ0) is 14.5. The Bertz CT molecular complexity index is 595. The minimum absolute atomic E-state index is 0.121. The second kappa shape index (κ2) is 6.52. The maximum absolute atomic E-state index is 12.3. The van der Waals surface area contributed by atoms with Crippen LogP contribution in [0.25, 0.3) is 0 Å². The van der Waals surface area contributed by atoms with Crippen LogP contribution in [-0.2, 0) is 6.42 Å². The SMILES string of the molecule is CCc1nc([C@H](C)NC(=O)c2ccccc2OC)cs1. The number of nitrogens with one attached hydrogen (secondary N) is 1. The van der Waals surface area contributed by atoms with Crippen molar-refractivity contribution < 1.29 is 9.53 Å². The average molecular weight is 290 g/mol. The summed E-state index contributed by atoms with van der Waals surface area (Å²) < 4.78 is 5.20. The van der Waals surface area contributed by atoms with Crippen LogP contribution in [0.3, 0.4) is 0 Å². The van der Waals surface area contributed by atoms with Gasteiger partial charge < -0.3 is 10.1 Å². The fourth-order valence-corrected chi connectivity index (χ4v) is 2.71. The lowest BCUT2D eigenvalue weighted by atomic mass is 10.1. The van der Waals surface area contributed by atoms with Crippen molar-refractivity contribution in [2.45, 2.75) is 26.3 Å². The summed E-state index contributed by atoms with van der Waals surface area (Å²) in [5.74, 6) is 0.422. The molecular weight excluding hydrogens is 272 g/mol. The van der Waals surface area contributed by atoms with Gasteiger partial charge in [-0.2, -0.15) is 0 Å². The van der Waals surface area contributed by atoms with Crippen molar-refractivity contribution in [3.8, 4) is 5.75 Å². The molecule has 1 N–H and O–H groups in total. The normalized spacial score (nSPS) is 11.9. The lowest BCUT2D eigenvalue weighted by Gasteiger charge is -2.13. The summed E-state index contributed by atoms with van der Waals surface area (Å²) in [6, 6.07) is 7.06. The molecule has 1 atom stereocenters. The highest BCUT2D eigenvalue weighted by molar-refractivity contribution is 7.09. The van der Waals surface area contributed by atoms with E-state index in [0.29, 0.717) is 11.3 Å². The molecule has 0 radical (unpaired) electrons. The van der Waals surface area contributed by atoms with Crippen molar-refractivity contribution in [2.75, 3.05) is 7.11 Å². The van der Waals surface area contributed by atoms with Crippen molar-refractivity contribution in [3.05, 3.63) is 45.9 Å². The first-order valence-electron chi connectivity index (χ1n) is 6.53. The number of aryl methyl sites for hydroxylation is 1. The Morgan fingerprint density at radius 2 is 2.20 bits per heavy atom. The lowest BCUT2D eigenvalue weighted by molar-refractivity contribution is 0.0936. The minimum atomic E-state index is -0.152. The first-order chi connectivity index (χ1) is 9.65. The second-order valence-electron chi connectivity index (χ2n) is 4.42. The molecule has 20 heavy (non-hydrogen) atoms. The van der Waals surface area contributed by atoms with Gasteiger partial charge in [0, 0.05) is 5.38 Å². The molecule has 106 valence electrons. The molecule has 2 aromatic rings. The van der Waals surface area contributed by atoms with Crippen molar-refractivity contribution in [1.29, 1.82) is 0 Å². The monoisotopic (exact) mass is 290 g/mol. The Kier molecular flexibility index (Phi) is 4.74. The fraction of sp³-hybridized carbons (Fsp3) is 0.333. The molecule has 1 aromatic heterocycles. The summed E-state index contributed by atoms with van der Waals surface area (Å²) in [4.78, 5) is 16.8. The number of methoxy groups -OCH3 is 1. The summed E-state index contributed by atoms with van der Waals surface area (Å²) >= 11 is 1.62. The fourth-order valence-electron chi connectivity index (χ4n) is 1.87. The van der Waals surface area contributed by atoms with Crippen LogP contribution < -0.4 is 10.1 Å². The Morgan fingerprint density at radius 3 is 2.85 bits per heavy atom. The van der Waals surface area contributed by atoms with Crippen LogP contribution in [0.15, 0.2) is 29.6 Å². The number of para-hydroxylation sites is 1. The molecule has 1 heterocycles. The molecule has 5 heteroatoms. The van der Waals surface area contributed by atoms with Gasteiger partial charge >= 0.3 is 0 Å². The number of amides is 1. The van der Waals surface area contributed by atoms with Gasteiger partial charge in [0.1, 0.15) is 5.75 Å². The van der Waals surface area contributed by atoms with E-state index in [0.717, 1.165) is 17.1 Å².